The van der Waals surface area contributed by atoms with E-state index in [-0.39, 0.29) is 0 Å². The quantitative estimate of drug-likeness (QED) is 0.0499. The van der Waals surface area contributed by atoms with Crippen molar-refractivity contribution in [1.29, 1.82) is 0 Å². The van der Waals surface area contributed by atoms with Gasteiger partial charge in [-0.15, -0.1) is 0 Å². The summed E-state index contributed by atoms with van der Waals surface area (Å²) in [5.41, 5.74) is 0. The first-order chi connectivity index (χ1) is 19.0. The van der Waals surface area contributed by atoms with Crippen LogP contribution in [-0.4, -0.2) is 57.3 Å². The molecule has 0 aromatic carbocycles. The molecule has 4 unspecified atom stereocenters. The molecule has 0 saturated heterocycles. The Kier molecular flexibility index (Phi) is 27.9. The third kappa shape index (κ3) is 23.5. The van der Waals surface area contributed by atoms with E-state index >= 15 is 0 Å². The highest BCUT2D eigenvalue weighted by Gasteiger charge is 2.28. The summed E-state index contributed by atoms with van der Waals surface area (Å²) in [6.45, 7) is 3.98. The number of allylic oxidation sites excluding steroid dienone is 2. The standard InChI is InChI=1S/C33H65NO5/c1-3-5-7-9-11-13-15-16-17-19-20-22-24-26-30(36)32(38)29(28-35)34-33(39)31(37)27-25-23-21-18-14-12-10-8-6-4-2/h19-20,29-32,35-38H,3-18,21-28H2,1-2H3,(H,34,39)/b20-19+. The predicted molar refractivity (Wildman–Crippen MR) is 164 cm³/mol. The second kappa shape index (κ2) is 28.6. The molecule has 39 heavy (non-hydrogen) atoms. The zero-order valence-electron chi connectivity index (χ0n) is 25.6. The molecule has 0 bridgehead atoms. The Balaban J connectivity index is 3.92. The van der Waals surface area contributed by atoms with Gasteiger partial charge in [0.1, 0.15) is 12.2 Å². The molecule has 0 heterocycles. The monoisotopic (exact) mass is 555 g/mol. The summed E-state index contributed by atoms with van der Waals surface area (Å²) >= 11 is 0. The molecule has 0 spiro atoms. The smallest absolute Gasteiger partial charge is 0.249 e. The van der Waals surface area contributed by atoms with Gasteiger partial charge in [0.25, 0.3) is 0 Å². The van der Waals surface area contributed by atoms with Crippen molar-refractivity contribution in [3.05, 3.63) is 12.2 Å². The number of aliphatic hydroxyl groups excluding tert-OH is 4. The van der Waals surface area contributed by atoms with E-state index in [0.29, 0.717) is 12.8 Å². The number of nitrogens with one attached hydrogen (secondary N) is 1. The van der Waals surface area contributed by atoms with Gasteiger partial charge in [-0.25, -0.2) is 0 Å². The lowest BCUT2D eigenvalue weighted by molar-refractivity contribution is -0.132. The number of hydrogen-bond acceptors (Lipinski definition) is 5. The summed E-state index contributed by atoms with van der Waals surface area (Å²) in [5, 5.41) is 43.2. The molecule has 0 aliphatic carbocycles. The molecule has 0 aliphatic rings. The fourth-order valence-electron chi connectivity index (χ4n) is 4.99. The van der Waals surface area contributed by atoms with Crippen molar-refractivity contribution >= 4 is 5.91 Å². The predicted octanol–water partition coefficient (Wildman–Crippen LogP) is 7.11. The van der Waals surface area contributed by atoms with E-state index in [1.54, 1.807) is 0 Å². The van der Waals surface area contributed by atoms with E-state index in [1.807, 2.05) is 0 Å². The first kappa shape index (κ1) is 38.0. The lowest BCUT2D eigenvalue weighted by Crippen LogP contribution is -2.53. The van der Waals surface area contributed by atoms with E-state index in [1.165, 1.54) is 96.3 Å². The molecular weight excluding hydrogens is 490 g/mol. The maximum Gasteiger partial charge on any atom is 0.249 e. The van der Waals surface area contributed by atoms with Crippen LogP contribution in [0, 0.1) is 0 Å². The Hall–Kier alpha value is -0.950. The first-order valence-corrected chi connectivity index (χ1v) is 16.6. The second-order valence-electron chi connectivity index (χ2n) is 11.5. The summed E-state index contributed by atoms with van der Waals surface area (Å²) in [6, 6.07) is -0.993. The second-order valence-corrected chi connectivity index (χ2v) is 11.5. The Morgan fingerprint density at radius 3 is 1.54 bits per heavy atom. The fourth-order valence-corrected chi connectivity index (χ4v) is 4.99. The summed E-state index contributed by atoms with van der Waals surface area (Å²) in [4.78, 5) is 12.3. The molecule has 0 aromatic rings. The van der Waals surface area contributed by atoms with E-state index in [9.17, 15) is 25.2 Å². The molecule has 5 N–H and O–H groups in total. The molecule has 0 fully saturated rings. The summed E-state index contributed by atoms with van der Waals surface area (Å²) in [5.74, 6) is -0.597. The Bertz CT molecular complexity index is 556. The van der Waals surface area contributed by atoms with Crippen molar-refractivity contribution in [3.63, 3.8) is 0 Å². The molecule has 6 nitrogen and oxygen atoms in total. The molecule has 232 valence electrons. The highest BCUT2D eigenvalue weighted by atomic mass is 16.3. The van der Waals surface area contributed by atoms with Crippen LogP contribution in [0.25, 0.3) is 0 Å². The van der Waals surface area contributed by atoms with Crippen molar-refractivity contribution in [2.45, 2.75) is 186 Å². The Morgan fingerprint density at radius 1 is 0.615 bits per heavy atom. The normalized spacial score (nSPS) is 14.9. The van der Waals surface area contributed by atoms with E-state index in [2.05, 4.69) is 31.3 Å². The molecular formula is C33H65NO5. The van der Waals surface area contributed by atoms with Crippen LogP contribution in [0.3, 0.4) is 0 Å². The molecule has 0 rings (SSSR count). The molecule has 0 aromatic heterocycles. The molecule has 6 heteroatoms. The summed E-state index contributed by atoms with van der Waals surface area (Å²) < 4.78 is 0. The van der Waals surface area contributed by atoms with Crippen LogP contribution in [0.4, 0.5) is 0 Å². The lowest BCUT2D eigenvalue weighted by Gasteiger charge is -2.27. The highest BCUT2D eigenvalue weighted by Crippen LogP contribution is 2.14. The number of carbonyl (C=O) groups is 1. The van der Waals surface area contributed by atoms with Crippen LogP contribution < -0.4 is 5.32 Å². The van der Waals surface area contributed by atoms with Crippen LogP contribution in [0.1, 0.15) is 162 Å². The van der Waals surface area contributed by atoms with Crippen LogP contribution in [0.2, 0.25) is 0 Å². The number of rotatable bonds is 29. The minimum Gasteiger partial charge on any atom is -0.394 e. The van der Waals surface area contributed by atoms with Gasteiger partial charge in [0.2, 0.25) is 5.91 Å². The first-order valence-electron chi connectivity index (χ1n) is 16.6. The topological polar surface area (TPSA) is 110 Å². The number of unbranched alkanes of at least 4 members (excludes halogenated alkanes) is 18. The minimum atomic E-state index is -1.27. The van der Waals surface area contributed by atoms with Gasteiger partial charge in [-0.3, -0.25) is 4.79 Å². The van der Waals surface area contributed by atoms with Gasteiger partial charge in [0, 0.05) is 0 Å². The Labute approximate surface area is 241 Å². The molecule has 0 radical (unpaired) electrons. The third-order valence-electron chi connectivity index (χ3n) is 7.73. The van der Waals surface area contributed by atoms with Gasteiger partial charge in [-0.2, -0.15) is 0 Å². The van der Waals surface area contributed by atoms with Crippen molar-refractivity contribution < 1.29 is 25.2 Å². The minimum absolute atomic E-state index is 0.366. The fraction of sp³-hybridized carbons (Fsp3) is 0.909. The van der Waals surface area contributed by atoms with Crippen LogP contribution >= 0.6 is 0 Å². The SMILES string of the molecule is CCCCCCCCCC/C=C/CCCC(O)C(O)C(CO)NC(=O)C(O)CCCCCCCCCCCC. The van der Waals surface area contributed by atoms with E-state index in [4.69, 9.17) is 0 Å². The zero-order valence-corrected chi connectivity index (χ0v) is 25.6. The van der Waals surface area contributed by atoms with Gasteiger partial charge in [-0.05, 0) is 38.5 Å². The zero-order chi connectivity index (χ0) is 29.0. The maximum absolute atomic E-state index is 12.3. The third-order valence-corrected chi connectivity index (χ3v) is 7.73. The van der Waals surface area contributed by atoms with Crippen LogP contribution in [0.15, 0.2) is 12.2 Å². The van der Waals surface area contributed by atoms with Crippen LogP contribution in [-0.2, 0) is 4.79 Å². The van der Waals surface area contributed by atoms with Crippen LogP contribution in [0.5, 0.6) is 0 Å². The van der Waals surface area contributed by atoms with Crippen molar-refractivity contribution in [2.24, 2.45) is 0 Å². The Morgan fingerprint density at radius 2 is 1.05 bits per heavy atom. The van der Waals surface area contributed by atoms with E-state index in [0.717, 1.165) is 38.5 Å². The number of carbonyl (C=O) groups excluding carboxylic acids is 1. The molecule has 0 saturated carbocycles. The molecule has 0 aliphatic heterocycles. The van der Waals surface area contributed by atoms with Crippen molar-refractivity contribution in [3.8, 4) is 0 Å². The van der Waals surface area contributed by atoms with Crippen molar-refractivity contribution in [1.82, 2.24) is 5.32 Å². The largest absolute Gasteiger partial charge is 0.394 e. The average Bonchev–Trinajstić information content (AvgIpc) is 2.94. The highest BCUT2D eigenvalue weighted by molar-refractivity contribution is 5.80. The summed E-state index contributed by atoms with van der Waals surface area (Å²) in [6.07, 6.45) is 26.6. The van der Waals surface area contributed by atoms with Gasteiger partial charge < -0.3 is 25.7 Å². The van der Waals surface area contributed by atoms with Gasteiger partial charge in [-0.1, -0.05) is 135 Å². The van der Waals surface area contributed by atoms with E-state index < -0.39 is 36.9 Å². The average molecular weight is 556 g/mol. The molecule has 4 atom stereocenters. The number of amides is 1. The van der Waals surface area contributed by atoms with Gasteiger partial charge in [0.15, 0.2) is 0 Å². The van der Waals surface area contributed by atoms with Crippen molar-refractivity contribution in [2.75, 3.05) is 6.61 Å². The number of hydrogen-bond donors (Lipinski definition) is 5. The van der Waals surface area contributed by atoms with Gasteiger partial charge >= 0.3 is 0 Å². The number of aliphatic hydroxyl groups is 4. The maximum atomic E-state index is 12.3. The van der Waals surface area contributed by atoms with Gasteiger partial charge in [0.05, 0.1) is 18.8 Å². The summed E-state index contributed by atoms with van der Waals surface area (Å²) in [7, 11) is 0. The lowest BCUT2D eigenvalue weighted by atomic mass is 10.00. The molecule has 1 amide bonds.